The van der Waals surface area contributed by atoms with Crippen molar-refractivity contribution in [3.8, 4) is 5.69 Å². The van der Waals surface area contributed by atoms with E-state index in [1.54, 1.807) is 0 Å². The molecule has 5 nitrogen and oxygen atoms in total. The van der Waals surface area contributed by atoms with Crippen LogP contribution in [-0.2, 0) is 6.54 Å². The van der Waals surface area contributed by atoms with E-state index in [-0.39, 0.29) is 0 Å². The molecule has 1 aliphatic rings. The van der Waals surface area contributed by atoms with E-state index in [9.17, 15) is 0 Å². The van der Waals surface area contributed by atoms with Crippen LogP contribution in [-0.4, -0.2) is 31.2 Å². The van der Waals surface area contributed by atoms with Crippen molar-refractivity contribution in [3.05, 3.63) is 71.6 Å². The van der Waals surface area contributed by atoms with E-state index in [1.165, 1.54) is 18.4 Å². The Morgan fingerprint density at radius 2 is 1.92 bits per heavy atom. The number of nitrogens with zero attached hydrogens (tertiary/aromatic N) is 5. The predicted molar refractivity (Wildman–Crippen MR) is 102 cm³/mol. The van der Waals surface area contributed by atoms with Gasteiger partial charge in [0.2, 0.25) is 0 Å². The van der Waals surface area contributed by atoms with Gasteiger partial charge in [0, 0.05) is 18.4 Å². The molecule has 4 rings (SSSR count). The Balaban J connectivity index is 1.68. The number of aryl methyl sites for hydroxylation is 2. The number of benzene rings is 1. The van der Waals surface area contributed by atoms with Gasteiger partial charge in [-0.05, 0) is 50.9 Å². The number of hydrogen-bond acceptors (Lipinski definition) is 4. The van der Waals surface area contributed by atoms with E-state index < -0.39 is 0 Å². The predicted octanol–water partition coefficient (Wildman–Crippen LogP) is 4.01. The summed E-state index contributed by atoms with van der Waals surface area (Å²) >= 11 is 0. The molecule has 0 saturated carbocycles. The molecule has 26 heavy (non-hydrogen) atoms. The number of rotatable bonds is 4. The fourth-order valence-corrected chi connectivity index (χ4v) is 3.79. The Kier molecular flexibility index (Phi) is 4.80. The lowest BCUT2D eigenvalue weighted by molar-refractivity contribution is 0.132. The van der Waals surface area contributed by atoms with Crippen LogP contribution in [0.1, 0.15) is 48.2 Å². The smallest absolute Gasteiger partial charge is 0.149 e. The summed E-state index contributed by atoms with van der Waals surface area (Å²) in [7, 11) is 0. The topological polar surface area (TPSA) is 46.8 Å². The summed E-state index contributed by atoms with van der Waals surface area (Å²) in [6.07, 6.45) is 5.44. The molecule has 2 aromatic heterocycles. The number of aromatic nitrogens is 4. The van der Waals surface area contributed by atoms with Crippen molar-refractivity contribution in [1.29, 1.82) is 0 Å². The average molecular weight is 347 g/mol. The standard InChI is InChI=1S/C21H25N5/c1-16-14-19(11-12-22-16)26-21(23-17(2)24-26)20-10-6-7-13-25(20)15-18-8-4-3-5-9-18/h3-5,8-9,11-12,14,20H,6-7,10,13,15H2,1-2H3. The van der Waals surface area contributed by atoms with Gasteiger partial charge in [-0.15, -0.1) is 0 Å². The van der Waals surface area contributed by atoms with Crippen LogP contribution in [0, 0.1) is 13.8 Å². The van der Waals surface area contributed by atoms with Crippen LogP contribution < -0.4 is 0 Å². The first-order valence-corrected chi connectivity index (χ1v) is 9.35. The Hall–Kier alpha value is -2.53. The van der Waals surface area contributed by atoms with Gasteiger partial charge in [0.05, 0.1) is 11.7 Å². The van der Waals surface area contributed by atoms with Gasteiger partial charge in [0.25, 0.3) is 0 Å². The minimum absolute atomic E-state index is 0.290. The third-order valence-electron chi connectivity index (χ3n) is 5.00. The van der Waals surface area contributed by atoms with Crippen LogP contribution in [0.5, 0.6) is 0 Å². The first-order chi connectivity index (χ1) is 12.7. The molecule has 0 radical (unpaired) electrons. The second-order valence-electron chi connectivity index (χ2n) is 7.05. The molecular formula is C21H25N5. The summed E-state index contributed by atoms with van der Waals surface area (Å²) in [6, 6.07) is 15.1. The van der Waals surface area contributed by atoms with Crippen molar-refractivity contribution in [1.82, 2.24) is 24.6 Å². The normalized spacial score (nSPS) is 18.2. The number of pyridine rings is 1. The van der Waals surface area contributed by atoms with E-state index >= 15 is 0 Å². The number of likely N-dealkylation sites (tertiary alicyclic amines) is 1. The molecular weight excluding hydrogens is 322 g/mol. The molecule has 0 N–H and O–H groups in total. The van der Waals surface area contributed by atoms with Crippen LogP contribution in [0.25, 0.3) is 5.69 Å². The average Bonchev–Trinajstić information content (AvgIpc) is 3.05. The molecule has 1 aliphatic heterocycles. The maximum atomic E-state index is 4.82. The highest BCUT2D eigenvalue weighted by Gasteiger charge is 2.29. The zero-order valence-electron chi connectivity index (χ0n) is 15.5. The Labute approximate surface area is 154 Å². The monoisotopic (exact) mass is 347 g/mol. The molecule has 0 aliphatic carbocycles. The lowest BCUT2D eigenvalue weighted by atomic mass is 10.00. The van der Waals surface area contributed by atoms with Crippen molar-refractivity contribution in [2.24, 2.45) is 0 Å². The number of hydrogen-bond donors (Lipinski definition) is 0. The number of piperidine rings is 1. The van der Waals surface area contributed by atoms with Gasteiger partial charge >= 0.3 is 0 Å². The minimum Gasteiger partial charge on any atom is -0.289 e. The first kappa shape index (κ1) is 16.9. The van der Waals surface area contributed by atoms with Crippen molar-refractivity contribution < 1.29 is 0 Å². The summed E-state index contributed by atoms with van der Waals surface area (Å²) in [5.74, 6) is 1.86. The van der Waals surface area contributed by atoms with Gasteiger partial charge in [-0.25, -0.2) is 9.67 Å². The van der Waals surface area contributed by atoms with Gasteiger partial charge in [-0.2, -0.15) is 5.10 Å². The van der Waals surface area contributed by atoms with Gasteiger partial charge in [-0.3, -0.25) is 9.88 Å². The maximum Gasteiger partial charge on any atom is 0.149 e. The summed E-state index contributed by atoms with van der Waals surface area (Å²) in [4.78, 5) is 11.7. The largest absolute Gasteiger partial charge is 0.289 e. The fraction of sp³-hybridized carbons (Fsp3) is 0.381. The molecule has 0 spiro atoms. The van der Waals surface area contributed by atoms with Crippen molar-refractivity contribution >= 4 is 0 Å². The van der Waals surface area contributed by atoms with Crippen molar-refractivity contribution in [2.45, 2.75) is 45.7 Å². The SMILES string of the molecule is Cc1cc(-n2nc(C)nc2C2CCCCN2Cc2ccccc2)ccn1. The van der Waals surface area contributed by atoms with Gasteiger partial charge in [0.15, 0.2) is 0 Å². The van der Waals surface area contributed by atoms with Crippen LogP contribution in [0.3, 0.4) is 0 Å². The molecule has 134 valence electrons. The molecule has 3 aromatic rings. The van der Waals surface area contributed by atoms with Crippen LogP contribution in [0.4, 0.5) is 0 Å². The molecule has 1 atom stereocenters. The third kappa shape index (κ3) is 3.53. The zero-order chi connectivity index (χ0) is 17.9. The molecule has 3 heterocycles. The second kappa shape index (κ2) is 7.38. The lowest BCUT2D eigenvalue weighted by Gasteiger charge is -2.35. The quantitative estimate of drug-likeness (QED) is 0.715. The van der Waals surface area contributed by atoms with Gasteiger partial charge in [0.1, 0.15) is 11.6 Å². The molecule has 1 unspecified atom stereocenters. The Morgan fingerprint density at radius 1 is 1.08 bits per heavy atom. The first-order valence-electron chi connectivity index (χ1n) is 9.35. The molecule has 0 bridgehead atoms. The minimum atomic E-state index is 0.290. The highest BCUT2D eigenvalue weighted by atomic mass is 15.4. The van der Waals surface area contributed by atoms with Crippen molar-refractivity contribution in [3.63, 3.8) is 0 Å². The summed E-state index contributed by atoms with van der Waals surface area (Å²) < 4.78 is 2.01. The molecule has 0 amide bonds. The van der Waals surface area contributed by atoms with Gasteiger partial charge in [-0.1, -0.05) is 36.8 Å². The summed E-state index contributed by atoms with van der Waals surface area (Å²) in [5, 5.41) is 4.69. The highest BCUT2D eigenvalue weighted by Crippen LogP contribution is 2.32. The molecule has 5 heteroatoms. The zero-order valence-corrected chi connectivity index (χ0v) is 15.5. The summed E-state index contributed by atoms with van der Waals surface area (Å²) in [5.41, 5.74) is 3.38. The maximum absolute atomic E-state index is 4.82. The van der Waals surface area contributed by atoms with Crippen LogP contribution >= 0.6 is 0 Å². The Morgan fingerprint density at radius 3 is 2.73 bits per heavy atom. The van der Waals surface area contributed by atoms with E-state index in [1.807, 2.05) is 30.8 Å². The third-order valence-corrected chi connectivity index (χ3v) is 5.00. The Bertz CT molecular complexity index is 871. The fourth-order valence-electron chi connectivity index (χ4n) is 3.79. The molecule has 1 saturated heterocycles. The van der Waals surface area contributed by atoms with E-state index in [0.29, 0.717) is 6.04 Å². The highest BCUT2D eigenvalue weighted by molar-refractivity contribution is 5.32. The molecule has 1 aromatic carbocycles. The van der Waals surface area contributed by atoms with E-state index in [0.717, 1.165) is 42.5 Å². The summed E-state index contributed by atoms with van der Waals surface area (Å²) in [6.45, 7) is 6.03. The lowest BCUT2D eigenvalue weighted by Crippen LogP contribution is -2.34. The van der Waals surface area contributed by atoms with Crippen molar-refractivity contribution in [2.75, 3.05) is 6.54 Å². The van der Waals surface area contributed by atoms with E-state index in [2.05, 4.69) is 51.4 Å². The van der Waals surface area contributed by atoms with Gasteiger partial charge < -0.3 is 0 Å². The van der Waals surface area contributed by atoms with E-state index in [4.69, 9.17) is 4.98 Å². The second-order valence-corrected chi connectivity index (χ2v) is 7.05. The van der Waals surface area contributed by atoms with Crippen LogP contribution in [0.15, 0.2) is 48.7 Å². The molecule has 1 fully saturated rings. The van der Waals surface area contributed by atoms with Crippen LogP contribution in [0.2, 0.25) is 0 Å².